The normalized spacial score (nSPS) is 12.9. The van der Waals surface area contributed by atoms with Crippen LogP contribution in [0.1, 0.15) is 25.0 Å². The van der Waals surface area contributed by atoms with Crippen LogP contribution in [0.3, 0.4) is 0 Å². The number of alkyl halides is 3. The van der Waals surface area contributed by atoms with E-state index in [2.05, 4.69) is 0 Å². The molecule has 0 saturated carbocycles. The average molecular weight is 235 g/mol. The van der Waals surface area contributed by atoms with Gasteiger partial charge in [-0.15, -0.1) is 0 Å². The van der Waals surface area contributed by atoms with Crippen molar-refractivity contribution in [2.24, 2.45) is 5.73 Å². The third-order valence-electron chi connectivity index (χ3n) is 1.94. The first kappa shape index (κ1) is 13.0. The molecule has 1 aromatic rings. The second kappa shape index (κ2) is 4.05. The summed E-state index contributed by atoms with van der Waals surface area (Å²) < 4.78 is 50.1. The summed E-state index contributed by atoms with van der Waals surface area (Å²) in [7, 11) is 0. The zero-order chi connectivity index (χ0) is 12.6. The van der Waals surface area contributed by atoms with Gasteiger partial charge in [0.25, 0.3) is 0 Å². The maximum Gasteiger partial charge on any atom is 0.416 e. The second-order valence-electron chi connectivity index (χ2n) is 4.51. The Morgan fingerprint density at radius 1 is 1.12 bits per heavy atom. The summed E-state index contributed by atoms with van der Waals surface area (Å²) in [5.41, 5.74) is 4.27. The van der Waals surface area contributed by atoms with Gasteiger partial charge in [-0.2, -0.15) is 13.2 Å². The van der Waals surface area contributed by atoms with Crippen molar-refractivity contribution in [3.63, 3.8) is 0 Å². The van der Waals surface area contributed by atoms with Crippen molar-refractivity contribution >= 4 is 0 Å². The molecule has 1 nitrogen and oxygen atoms in total. The summed E-state index contributed by atoms with van der Waals surface area (Å²) in [5, 5.41) is 0. The molecule has 0 amide bonds. The van der Waals surface area contributed by atoms with Crippen molar-refractivity contribution in [1.29, 1.82) is 0 Å². The Labute approximate surface area is 91.3 Å². The Morgan fingerprint density at radius 2 is 1.69 bits per heavy atom. The molecular formula is C11H13F4N. The standard InChI is InChI=1S/C11H13F4N/c1-10(2,16)6-7-3-8(11(13,14)15)5-9(12)4-7/h3-5H,6,16H2,1-2H3. The maximum absolute atomic E-state index is 13.0. The van der Waals surface area contributed by atoms with Crippen LogP contribution in [-0.4, -0.2) is 5.54 Å². The van der Waals surface area contributed by atoms with Gasteiger partial charge in [0.1, 0.15) is 5.82 Å². The lowest BCUT2D eigenvalue weighted by Gasteiger charge is -2.19. The fourth-order valence-electron chi connectivity index (χ4n) is 1.44. The maximum atomic E-state index is 13.0. The first-order valence-corrected chi connectivity index (χ1v) is 4.73. The van der Waals surface area contributed by atoms with Crippen molar-refractivity contribution < 1.29 is 17.6 Å². The molecule has 0 atom stereocenters. The van der Waals surface area contributed by atoms with Crippen molar-refractivity contribution in [2.45, 2.75) is 32.0 Å². The summed E-state index contributed by atoms with van der Waals surface area (Å²) in [6, 6.07) is 2.48. The first-order valence-electron chi connectivity index (χ1n) is 4.73. The Bertz CT molecular complexity index is 377. The fraction of sp³-hybridized carbons (Fsp3) is 0.455. The van der Waals surface area contributed by atoms with E-state index in [1.54, 1.807) is 13.8 Å². The zero-order valence-corrected chi connectivity index (χ0v) is 9.03. The summed E-state index contributed by atoms with van der Waals surface area (Å²) in [5.74, 6) is -0.894. The Hall–Kier alpha value is -1.10. The van der Waals surface area contributed by atoms with Crippen molar-refractivity contribution in [3.05, 3.63) is 35.1 Å². The molecule has 16 heavy (non-hydrogen) atoms. The van der Waals surface area contributed by atoms with Crippen LogP contribution in [0.4, 0.5) is 17.6 Å². The number of hydrogen-bond acceptors (Lipinski definition) is 1. The van der Waals surface area contributed by atoms with Gasteiger partial charge >= 0.3 is 6.18 Å². The van der Waals surface area contributed by atoms with Crippen molar-refractivity contribution in [2.75, 3.05) is 0 Å². The predicted octanol–water partition coefficient (Wildman–Crippen LogP) is 3.12. The minimum Gasteiger partial charge on any atom is -0.325 e. The van der Waals surface area contributed by atoms with Gasteiger partial charge in [0.15, 0.2) is 0 Å². The highest BCUT2D eigenvalue weighted by molar-refractivity contribution is 5.28. The van der Waals surface area contributed by atoms with E-state index in [4.69, 9.17) is 5.73 Å². The molecule has 0 fully saturated rings. The molecule has 0 saturated heterocycles. The van der Waals surface area contributed by atoms with Crippen LogP contribution in [-0.2, 0) is 12.6 Å². The third-order valence-corrected chi connectivity index (χ3v) is 1.94. The van der Waals surface area contributed by atoms with Gasteiger partial charge < -0.3 is 5.73 Å². The van der Waals surface area contributed by atoms with Gasteiger partial charge in [0.2, 0.25) is 0 Å². The predicted molar refractivity (Wildman–Crippen MR) is 53.4 cm³/mol. The number of hydrogen-bond donors (Lipinski definition) is 1. The Morgan fingerprint density at radius 3 is 2.12 bits per heavy atom. The molecule has 0 bridgehead atoms. The van der Waals surface area contributed by atoms with E-state index in [9.17, 15) is 17.6 Å². The van der Waals surface area contributed by atoms with E-state index in [1.807, 2.05) is 0 Å². The highest BCUT2D eigenvalue weighted by atomic mass is 19.4. The van der Waals surface area contributed by atoms with Crippen LogP contribution >= 0.6 is 0 Å². The molecule has 1 aromatic carbocycles. The lowest BCUT2D eigenvalue weighted by atomic mass is 9.95. The van der Waals surface area contributed by atoms with E-state index in [1.165, 1.54) is 0 Å². The molecule has 1 rings (SSSR count). The quantitative estimate of drug-likeness (QED) is 0.783. The van der Waals surface area contributed by atoms with Gasteiger partial charge in [-0.1, -0.05) is 0 Å². The molecule has 5 heteroatoms. The fourth-order valence-corrected chi connectivity index (χ4v) is 1.44. The average Bonchev–Trinajstić information content (AvgIpc) is 1.97. The molecule has 0 aromatic heterocycles. The van der Waals surface area contributed by atoms with Gasteiger partial charge in [-0.3, -0.25) is 0 Å². The summed E-state index contributed by atoms with van der Waals surface area (Å²) in [6.07, 6.45) is -4.34. The Kier molecular flexibility index (Phi) is 3.28. The highest BCUT2D eigenvalue weighted by Gasteiger charge is 2.31. The van der Waals surface area contributed by atoms with Crippen LogP contribution in [0.15, 0.2) is 18.2 Å². The van der Waals surface area contributed by atoms with Crippen molar-refractivity contribution in [1.82, 2.24) is 0 Å². The highest BCUT2D eigenvalue weighted by Crippen LogP contribution is 2.30. The van der Waals surface area contributed by atoms with Gasteiger partial charge in [-0.05, 0) is 44.0 Å². The molecule has 0 heterocycles. The van der Waals surface area contributed by atoms with Gasteiger partial charge in [-0.25, -0.2) is 4.39 Å². The van der Waals surface area contributed by atoms with Gasteiger partial charge in [0, 0.05) is 5.54 Å². The van der Waals surface area contributed by atoms with Crippen LogP contribution in [0.25, 0.3) is 0 Å². The summed E-state index contributed by atoms with van der Waals surface area (Å²) in [6.45, 7) is 3.34. The minimum atomic E-state index is -4.53. The first-order chi connectivity index (χ1) is 7.08. The van der Waals surface area contributed by atoms with Crippen molar-refractivity contribution in [3.8, 4) is 0 Å². The SMILES string of the molecule is CC(C)(N)Cc1cc(F)cc(C(F)(F)F)c1. The van der Waals surface area contributed by atoms with Crippen LogP contribution < -0.4 is 5.73 Å². The largest absolute Gasteiger partial charge is 0.416 e. The van der Waals surface area contributed by atoms with E-state index in [-0.39, 0.29) is 12.0 Å². The lowest BCUT2D eigenvalue weighted by molar-refractivity contribution is -0.137. The molecule has 0 unspecified atom stereocenters. The summed E-state index contributed by atoms with van der Waals surface area (Å²) >= 11 is 0. The molecule has 2 N–H and O–H groups in total. The zero-order valence-electron chi connectivity index (χ0n) is 9.03. The molecule has 0 spiro atoms. The number of rotatable bonds is 2. The lowest BCUT2D eigenvalue weighted by Crippen LogP contribution is -2.34. The Balaban J connectivity index is 3.09. The van der Waals surface area contributed by atoms with Crippen LogP contribution in [0, 0.1) is 5.82 Å². The smallest absolute Gasteiger partial charge is 0.325 e. The number of halogens is 4. The minimum absolute atomic E-state index is 0.188. The summed E-state index contributed by atoms with van der Waals surface area (Å²) in [4.78, 5) is 0. The van der Waals surface area contributed by atoms with Gasteiger partial charge in [0.05, 0.1) is 5.56 Å². The van der Waals surface area contributed by atoms with Crippen LogP contribution in [0.2, 0.25) is 0 Å². The van der Waals surface area contributed by atoms with Crippen LogP contribution in [0.5, 0.6) is 0 Å². The molecule has 0 radical (unpaired) electrons. The third kappa shape index (κ3) is 3.81. The topological polar surface area (TPSA) is 26.0 Å². The number of nitrogens with two attached hydrogens (primary N) is 1. The molecule has 0 aliphatic carbocycles. The van der Waals surface area contributed by atoms with E-state index < -0.39 is 23.1 Å². The monoisotopic (exact) mass is 235 g/mol. The molecule has 0 aliphatic heterocycles. The van der Waals surface area contributed by atoms with E-state index in [0.717, 1.165) is 12.1 Å². The second-order valence-corrected chi connectivity index (χ2v) is 4.51. The molecular weight excluding hydrogens is 222 g/mol. The molecule has 90 valence electrons. The van der Waals surface area contributed by atoms with E-state index >= 15 is 0 Å². The van der Waals surface area contributed by atoms with E-state index in [0.29, 0.717) is 6.07 Å². The number of benzene rings is 1. The molecule has 0 aliphatic rings.